The van der Waals surface area contributed by atoms with Gasteiger partial charge in [0.2, 0.25) is 5.91 Å². The van der Waals surface area contributed by atoms with Crippen LogP contribution in [0.4, 0.5) is 5.69 Å². The molecule has 3 rings (SSSR count). The molecule has 5 nitrogen and oxygen atoms in total. The molecule has 2 heterocycles. The van der Waals surface area contributed by atoms with Gasteiger partial charge in [0.05, 0.1) is 23.2 Å². The molecule has 6 heteroatoms. The molecule has 2 saturated heterocycles. The summed E-state index contributed by atoms with van der Waals surface area (Å²) in [4.78, 5) is 25.2. The quantitative estimate of drug-likeness (QED) is 0.872. The molecule has 1 aromatic carbocycles. The van der Waals surface area contributed by atoms with E-state index in [1.54, 1.807) is 12.1 Å². The number of anilines is 1. The fourth-order valence-corrected chi connectivity index (χ4v) is 3.35. The van der Waals surface area contributed by atoms with Crippen molar-refractivity contribution < 1.29 is 14.7 Å². The van der Waals surface area contributed by atoms with E-state index < -0.39 is 5.97 Å². The second kappa shape index (κ2) is 4.98. The molecule has 2 atom stereocenters. The molecule has 0 radical (unpaired) electrons. The number of nitrogens with one attached hydrogen (secondary N) is 1. The number of hydrogen-bond acceptors (Lipinski definition) is 3. The van der Waals surface area contributed by atoms with Crippen molar-refractivity contribution in [1.82, 2.24) is 5.32 Å². The van der Waals surface area contributed by atoms with Gasteiger partial charge < -0.3 is 15.3 Å². The molecule has 2 N–H and O–H groups in total. The van der Waals surface area contributed by atoms with Crippen molar-refractivity contribution in [3.8, 4) is 0 Å². The minimum Gasteiger partial charge on any atom is -0.478 e. The first-order valence-corrected chi connectivity index (χ1v) is 7.03. The van der Waals surface area contributed by atoms with E-state index >= 15 is 0 Å². The maximum Gasteiger partial charge on any atom is 0.337 e. The number of halogens is 1. The lowest BCUT2D eigenvalue weighted by Crippen LogP contribution is -2.46. The van der Waals surface area contributed by atoms with Gasteiger partial charge in [-0.2, -0.15) is 0 Å². The van der Waals surface area contributed by atoms with E-state index in [4.69, 9.17) is 11.6 Å². The van der Waals surface area contributed by atoms with Gasteiger partial charge in [-0.05, 0) is 31.0 Å². The number of amides is 1. The summed E-state index contributed by atoms with van der Waals surface area (Å²) in [7, 11) is 0. The highest BCUT2D eigenvalue weighted by Crippen LogP contribution is 2.34. The Morgan fingerprint density at radius 3 is 3.00 bits per heavy atom. The molecule has 20 heavy (non-hydrogen) atoms. The van der Waals surface area contributed by atoms with E-state index in [0.29, 0.717) is 17.3 Å². The second-order valence-electron chi connectivity index (χ2n) is 5.22. The Morgan fingerprint density at radius 2 is 2.25 bits per heavy atom. The topological polar surface area (TPSA) is 69.6 Å². The van der Waals surface area contributed by atoms with Crippen LogP contribution in [-0.4, -0.2) is 36.1 Å². The highest BCUT2D eigenvalue weighted by Gasteiger charge is 2.41. The number of carbonyl (C=O) groups is 2. The van der Waals surface area contributed by atoms with Crippen molar-refractivity contribution in [2.75, 3.05) is 18.0 Å². The van der Waals surface area contributed by atoms with Crippen LogP contribution < -0.4 is 10.2 Å². The molecular formula is C14H15ClN2O3. The van der Waals surface area contributed by atoms with Gasteiger partial charge in [0.15, 0.2) is 0 Å². The molecule has 1 amide bonds. The lowest BCUT2D eigenvalue weighted by Gasteiger charge is -2.38. The zero-order valence-corrected chi connectivity index (χ0v) is 11.6. The number of hydrogen-bond donors (Lipinski definition) is 2. The van der Waals surface area contributed by atoms with Crippen LogP contribution in [0.2, 0.25) is 5.02 Å². The molecule has 0 aliphatic carbocycles. The number of carboxylic acid groups (broad SMARTS) is 1. The minimum absolute atomic E-state index is 0.0375. The van der Waals surface area contributed by atoms with Crippen molar-refractivity contribution in [2.45, 2.75) is 18.9 Å². The summed E-state index contributed by atoms with van der Waals surface area (Å²) < 4.78 is 0. The van der Waals surface area contributed by atoms with Crippen LogP contribution in [0.3, 0.4) is 0 Å². The maximum atomic E-state index is 11.8. The fraction of sp³-hybridized carbons (Fsp3) is 0.429. The van der Waals surface area contributed by atoms with Crippen molar-refractivity contribution in [3.63, 3.8) is 0 Å². The summed E-state index contributed by atoms with van der Waals surface area (Å²) in [5.74, 6) is -0.964. The average molecular weight is 295 g/mol. The monoisotopic (exact) mass is 294 g/mol. The highest BCUT2D eigenvalue weighted by molar-refractivity contribution is 6.31. The zero-order valence-electron chi connectivity index (χ0n) is 10.8. The van der Waals surface area contributed by atoms with Crippen LogP contribution >= 0.6 is 11.6 Å². The molecule has 106 valence electrons. The summed E-state index contributed by atoms with van der Waals surface area (Å²) in [5, 5.41) is 12.6. The first kappa shape index (κ1) is 13.2. The molecule has 2 aliphatic heterocycles. The van der Waals surface area contributed by atoms with Crippen molar-refractivity contribution >= 4 is 29.2 Å². The molecule has 0 aromatic heterocycles. The Morgan fingerprint density at radius 1 is 1.45 bits per heavy atom. The van der Waals surface area contributed by atoms with Gasteiger partial charge in [-0.1, -0.05) is 11.6 Å². The maximum absolute atomic E-state index is 11.8. The van der Waals surface area contributed by atoms with E-state index in [9.17, 15) is 14.7 Å². The fourth-order valence-electron chi connectivity index (χ4n) is 3.18. The molecule has 0 bridgehead atoms. The Bertz CT molecular complexity index is 576. The van der Waals surface area contributed by atoms with Gasteiger partial charge in [0.25, 0.3) is 0 Å². The lowest BCUT2D eigenvalue weighted by molar-refractivity contribution is -0.122. The SMILES string of the molecule is O=C(O)c1cc(Cl)ccc1N1CCCC2C(=O)NCC21. The van der Waals surface area contributed by atoms with Gasteiger partial charge >= 0.3 is 5.97 Å². The Labute approximate surface area is 121 Å². The number of piperidine rings is 1. The molecule has 2 fully saturated rings. The first-order valence-electron chi connectivity index (χ1n) is 6.65. The standard InChI is InChI=1S/C14H15ClN2O3/c15-8-3-4-11(10(6-8)14(19)20)17-5-1-2-9-12(17)7-16-13(9)18/h3-4,6,9,12H,1-2,5,7H2,(H,16,18)(H,19,20). The Kier molecular flexibility index (Phi) is 3.30. The highest BCUT2D eigenvalue weighted by atomic mass is 35.5. The molecular weight excluding hydrogens is 280 g/mol. The summed E-state index contributed by atoms with van der Waals surface area (Å²) in [5.41, 5.74) is 0.839. The summed E-state index contributed by atoms with van der Waals surface area (Å²) in [6.45, 7) is 1.34. The van der Waals surface area contributed by atoms with Crippen molar-refractivity contribution in [2.24, 2.45) is 5.92 Å². The third-order valence-corrected chi connectivity index (χ3v) is 4.33. The van der Waals surface area contributed by atoms with E-state index in [0.717, 1.165) is 19.4 Å². The molecule has 0 saturated carbocycles. The van der Waals surface area contributed by atoms with Crippen LogP contribution in [0.15, 0.2) is 18.2 Å². The first-order chi connectivity index (χ1) is 9.58. The Balaban J connectivity index is 2.00. The normalized spacial score (nSPS) is 25.2. The number of rotatable bonds is 2. The second-order valence-corrected chi connectivity index (χ2v) is 5.66. The summed E-state index contributed by atoms with van der Waals surface area (Å²) in [6.07, 6.45) is 1.75. The third-order valence-electron chi connectivity index (χ3n) is 4.10. The van der Waals surface area contributed by atoms with Crippen LogP contribution in [0, 0.1) is 5.92 Å². The number of carbonyl (C=O) groups excluding carboxylic acids is 1. The zero-order chi connectivity index (χ0) is 14.3. The van der Waals surface area contributed by atoms with Crippen LogP contribution in [0.25, 0.3) is 0 Å². The molecule has 2 aliphatic rings. The average Bonchev–Trinajstić information content (AvgIpc) is 2.81. The molecule has 1 aromatic rings. The van der Waals surface area contributed by atoms with Crippen molar-refractivity contribution in [3.05, 3.63) is 28.8 Å². The number of benzene rings is 1. The van der Waals surface area contributed by atoms with Crippen LogP contribution in [0.5, 0.6) is 0 Å². The number of fused-ring (bicyclic) bond motifs is 1. The van der Waals surface area contributed by atoms with Crippen molar-refractivity contribution in [1.29, 1.82) is 0 Å². The number of nitrogens with zero attached hydrogens (tertiary/aromatic N) is 1. The van der Waals surface area contributed by atoms with Gasteiger partial charge in [-0.3, -0.25) is 4.79 Å². The van der Waals surface area contributed by atoms with E-state index in [-0.39, 0.29) is 23.4 Å². The van der Waals surface area contributed by atoms with E-state index in [1.807, 2.05) is 4.90 Å². The van der Waals surface area contributed by atoms with Gasteiger partial charge in [0.1, 0.15) is 0 Å². The Hall–Kier alpha value is -1.75. The minimum atomic E-state index is -0.998. The van der Waals surface area contributed by atoms with E-state index in [1.165, 1.54) is 6.07 Å². The van der Waals surface area contributed by atoms with Gasteiger partial charge in [0, 0.05) is 18.1 Å². The number of aromatic carboxylic acids is 1. The van der Waals surface area contributed by atoms with Crippen LogP contribution in [0.1, 0.15) is 23.2 Å². The smallest absolute Gasteiger partial charge is 0.337 e. The largest absolute Gasteiger partial charge is 0.478 e. The lowest BCUT2D eigenvalue weighted by atomic mass is 9.90. The third kappa shape index (κ3) is 2.12. The predicted molar refractivity (Wildman–Crippen MR) is 75.3 cm³/mol. The summed E-state index contributed by atoms with van der Waals surface area (Å²) >= 11 is 5.89. The van der Waals surface area contributed by atoms with E-state index in [2.05, 4.69) is 5.32 Å². The number of carboxylic acids is 1. The van der Waals surface area contributed by atoms with Gasteiger partial charge in [-0.15, -0.1) is 0 Å². The molecule has 2 unspecified atom stereocenters. The molecule has 0 spiro atoms. The summed E-state index contributed by atoms with van der Waals surface area (Å²) in [6, 6.07) is 4.93. The van der Waals surface area contributed by atoms with Crippen LogP contribution in [-0.2, 0) is 4.79 Å². The predicted octanol–water partition coefficient (Wildman–Crippen LogP) is 1.75. The van der Waals surface area contributed by atoms with Gasteiger partial charge in [-0.25, -0.2) is 4.79 Å².